The van der Waals surface area contributed by atoms with Crippen molar-refractivity contribution < 1.29 is 0 Å². The molecule has 2 atom stereocenters. The van der Waals surface area contributed by atoms with Gasteiger partial charge in [-0.05, 0) is 31.4 Å². The van der Waals surface area contributed by atoms with Gasteiger partial charge in [0.1, 0.15) is 5.84 Å². The summed E-state index contributed by atoms with van der Waals surface area (Å²) in [6, 6.07) is 8.22. The van der Waals surface area contributed by atoms with Crippen molar-refractivity contribution in [2.75, 3.05) is 18.9 Å². The van der Waals surface area contributed by atoms with Crippen LogP contribution in [0.3, 0.4) is 0 Å². The molecule has 1 aromatic carbocycles. The zero-order valence-electron chi connectivity index (χ0n) is 16.1. The van der Waals surface area contributed by atoms with Crippen LogP contribution in [0.5, 0.6) is 0 Å². The average molecular weight is 356 g/mol. The van der Waals surface area contributed by atoms with Crippen LogP contribution in [0.4, 0.5) is 5.69 Å². The van der Waals surface area contributed by atoms with Gasteiger partial charge in [-0.25, -0.2) is 4.99 Å². The van der Waals surface area contributed by atoms with E-state index < -0.39 is 0 Å². The summed E-state index contributed by atoms with van der Waals surface area (Å²) < 4.78 is 0. The van der Waals surface area contributed by atoms with Crippen LogP contribution in [0.1, 0.15) is 44.6 Å². The van der Waals surface area contributed by atoms with Gasteiger partial charge in [-0.3, -0.25) is 0 Å². The first kappa shape index (κ1) is 20.0. The van der Waals surface area contributed by atoms with Crippen molar-refractivity contribution in [1.82, 2.24) is 5.32 Å². The number of anilines is 1. The zero-order chi connectivity index (χ0) is 18.9. The Balaban J connectivity index is 2.18. The Morgan fingerprint density at radius 2 is 2.04 bits per heavy atom. The molecule has 1 aliphatic rings. The molecule has 0 amide bonds. The lowest BCUT2D eigenvalue weighted by atomic mass is 9.82. The topological polar surface area (TPSA) is 88.5 Å². The Morgan fingerprint density at radius 3 is 2.73 bits per heavy atom. The van der Waals surface area contributed by atoms with E-state index in [1.54, 1.807) is 0 Å². The summed E-state index contributed by atoms with van der Waals surface area (Å²) >= 11 is 0. The Bertz CT molecular complexity index is 662. The number of nitrogens with one attached hydrogen (secondary N) is 2. The van der Waals surface area contributed by atoms with E-state index in [-0.39, 0.29) is 6.04 Å². The van der Waals surface area contributed by atoms with E-state index in [4.69, 9.17) is 11.5 Å². The molecule has 0 heterocycles. The van der Waals surface area contributed by atoms with E-state index in [1.165, 1.54) is 12.8 Å². The van der Waals surface area contributed by atoms with Crippen molar-refractivity contribution in [3.8, 4) is 0 Å². The van der Waals surface area contributed by atoms with Crippen LogP contribution in [0.15, 0.2) is 47.6 Å². The summed E-state index contributed by atoms with van der Waals surface area (Å²) in [5.41, 5.74) is 16.2. The third-order valence-electron chi connectivity index (χ3n) is 4.88. The number of para-hydroxylation sites is 1. The molecule has 1 aromatic rings. The number of nitrogens with two attached hydrogens (primary N) is 2. The molecule has 0 saturated heterocycles. The van der Waals surface area contributed by atoms with Gasteiger partial charge in [-0.15, -0.1) is 0 Å². The van der Waals surface area contributed by atoms with Crippen LogP contribution in [0.2, 0.25) is 0 Å². The first-order chi connectivity index (χ1) is 12.6. The number of rotatable bonds is 8. The lowest BCUT2D eigenvalue weighted by Gasteiger charge is -2.30. The number of aliphatic imine (C=N–C) groups is 1. The third-order valence-corrected chi connectivity index (χ3v) is 4.88. The second kappa shape index (κ2) is 10.0. The molecule has 2 unspecified atom stereocenters. The maximum absolute atomic E-state index is 6.30. The van der Waals surface area contributed by atoms with Crippen molar-refractivity contribution in [2.24, 2.45) is 22.4 Å². The molecule has 0 aliphatic heterocycles. The van der Waals surface area contributed by atoms with Gasteiger partial charge in [0.15, 0.2) is 0 Å². The van der Waals surface area contributed by atoms with Crippen molar-refractivity contribution >= 4 is 17.2 Å². The van der Waals surface area contributed by atoms with E-state index in [2.05, 4.69) is 29.1 Å². The fourth-order valence-electron chi connectivity index (χ4n) is 3.47. The summed E-state index contributed by atoms with van der Waals surface area (Å²) in [6.45, 7) is 7.16. The zero-order valence-corrected chi connectivity index (χ0v) is 16.1. The highest BCUT2D eigenvalue weighted by Gasteiger charge is 2.24. The molecule has 0 bridgehead atoms. The largest absolute Gasteiger partial charge is 0.391 e. The number of amidine groups is 1. The summed E-state index contributed by atoms with van der Waals surface area (Å²) in [6.07, 6.45) is 7.52. The Morgan fingerprint density at radius 1 is 1.31 bits per heavy atom. The smallest absolute Gasteiger partial charge is 0.125 e. The molecule has 142 valence electrons. The Kier molecular flexibility index (Phi) is 7.73. The van der Waals surface area contributed by atoms with Gasteiger partial charge < -0.3 is 22.1 Å². The van der Waals surface area contributed by atoms with Gasteiger partial charge in [0.25, 0.3) is 0 Å². The maximum Gasteiger partial charge on any atom is 0.125 e. The average Bonchev–Trinajstić information content (AvgIpc) is 2.65. The molecule has 0 spiro atoms. The van der Waals surface area contributed by atoms with Crippen molar-refractivity contribution in [1.29, 1.82) is 0 Å². The van der Waals surface area contributed by atoms with Gasteiger partial charge >= 0.3 is 0 Å². The minimum absolute atomic E-state index is 0.178. The fourth-order valence-corrected chi connectivity index (χ4v) is 3.47. The maximum atomic E-state index is 6.30. The minimum Gasteiger partial charge on any atom is -0.391 e. The van der Waals surface area contributed by atoms with Crippen LogP contribution >= 0.6 is 0 Å². The second-order valence-electron chi connectivity index (χ2n) is 6.86. The quantitative estimate of drug-likeness (QED) is 0.425. The molecular formula is C21H33N5. The standard InChI is InChI=1S/C21H33N5/c1-4-13-25-19-12-8-6-9-16(19)15(2)26-21(23)14-20(24-3)17-10-5-7-11-18(17)22/h6,8-9,12,14,17-18,24-25H,2,4-5,7,10-11,13,22H2,1,3H3,(H2,23,26)/b20-14-. The summed E-state index contributed by atoms with van der Waals surface area (Å²) in [4.78, 5) is 4.53. The van der Waals surface area contributed by atoms with Crippen molar-refractivity contribution in [3.05, 3.63) is 48.2 Å². The third kappa shape index (κ3) is 5.36. The number of hydrogen-bond acceptors (Lipinski definition) is 4. The van der Waals surface area contributed by atoms with E-state index in [0.29, 0.717) is 17.5 Å². The van der Waals surface area contributed by atoms with Gasteiger partial charge in [-0.1, -0.05) is 44.5 Å². The molecular weight excluding hydrogens is 322 g/mol. The molecule has 0 radical (unpaired) electrons. The van der Waals surface area contributed by atoms with Crippen LogP contribution in [-0.2, 0) is 0 Å². The van der Waals surface area contributed by atoms with E-state index in [9.17, 15) is 0 Å². The van der Waals surface area contributed by atoms with Crippen molar-refractivity contribution in [2.45, 2.75) is 45.1 Å². The molecule has 26 heavy (non-hydrogen) atoms. The fraction of sp³-hybridized carbons (Fsp3) is 0.476. The second-order valence-corrected chi connectivity index (χ2v) is 6.86. The number of nitrogens with zero attached hydrogens (tertiary/aromatic N) is 1. The predicted molar refractivity (Wildman–Crippen MR) is 113 cm³/mol. The predicted octanol–water partition coefficient (Wildman–Crippen LogP) is 3.46. The van der Waals surface area contributed by atoms with Gasteiger partial charge in [0, 0.05) is 42.5 Å². The molecule has 1 aliphatic carbocycles. The molecule has 0 aromatic heterocycles. The van der Waals surface area contributed by atoms with Gasteiger partial charge in [-0.2, -0.15) is 0 Å². The normalized spacial score (nSPS) is 21.3. The van der Waals surface area contributed by atoms with E-state index in [0.717, 1.165) is 42.8 Å². The molecule has 5 nitrogen and oxygen atoms in total. The van der Waals surface area contributed by atoms with Crippen LogP contribution in [0, 0.1) is 5.92 Å². The molecule has 5 heteroatoms. The SMILES string of the molecule is C=C(N=C(N)/C=C(\NC)C1CCCCC1N)c1ccccc1NCCC. The summed E-state index contributed by atoms with van der Waals surface area (Å²) in [5, 5.41) is 6.67. The number of benzene rings is 1. The highest BCUT2D eigenvalue weighted by molar-refractivity contribution is 5.96. The highest BCUT2D eigenvalue weighted by Crippen LogP contribution is 2.28. The molecule has 2 rings (SSSR count). The van der Waals surface area contributed by atoms with E-state index >= 15 is 0 Å². The Hall–Kier alpha value is -2.27. The lowest BCUT2D eigenvalue weighted by molar-refractivity contribution is 0.338. The molecule has 1 fully saturated rings. The monoisotopic (exact) mass is 355 g/mol. The van der Waals surface area contributed by atoms with Crippen molar-refractivity contribution in [3.63, 3.8) is 0 Å². The van der Waals surface area contributed by atoms with Gasteiger partial charge in [0.05, 0.1) is 5.70 Å². The molecule has 6 N–H and O–H groups in total. The van der Waals surface area contributed by atoms with Crippen LogP contribution in [0.25, 0.3) is 5.70 Å². The van der Waals surface area contributed by atoms with Crippen LogP contribution in [-0.4, -0.2) is 25.5 Å². The Labute approximate surface area is 157 Å². The first-order valence-corrected chi connectivity index (χ1v) is 9.58. The number of hydrogen-bond donors (Lipinski definition) is 4. The highest BCUT2D eigenvalue weighted by atomic mass is 14.9. The first-order valence-electron chi connectivity index (χ1n) is 9.58. The summed E-state index contributed by atoms with van der Waals surface area (Å²) in [5.74, 6) is 0.761. The minimum atomic E-state index is 0.178. The summed E-state index contributed by atoms with van der Waals surface area (Å²) in [7, 11) is 1.92. The lowest BCUT2D eigenvalue weighted by Crippen LogP contribution is -2.37. The molecule has 1 saturated carbocycles. The van der Waals surface area contributed by atoms with E-state index in [1.807, 2.05) is 37.4 Å². The van der Waals surface area contributed by atoms with Gasteiger partial charge in [0.2, 0.25) is 0 Å². The van der Waals surface area contributed by atoms with Crippen LogP contribution < -0.4 is 22.1 Å².